The highest BCUT2D eigenvalue weighted by molar-refractivity contribution is 6.35. The maximum atomic E-state index is 12.1. The van der Waals surface area contributed by atoms with E-state index in [0.717, 1.165) is 16.8 Å². The fraction of sp³-hybridized carbons (Fsp3) is 0.125. The summed E-state index contributed by atoms with van der Waals surface area (Å²) < 4.78 is 0. The summed E-state index contributed by atoms with van der Waals surface area (Å²) in [5.41, 5.74) is 5.18. The summed E-state index contributed by atoms with van der Waals surface area (Å²) in [6, 6.07) is 15.0. The number of hydrazone groups is 1. The summed E-state index contributed by atoms with van der Waals surface area (Å²) in [4.78, 5) is 12.1. The zero-order chi connectivity index (χ0) is 14.8. The smallest absolute Gasteiger partial charge is 0.248 e. The highest BCUT2D eigenvalue weighted by Gasteiger charge is 2.28. The Morgan fingerprint density at radius 3 is 2.57 bits per heavy atom. The van der Waals surface area contributed by atoms with Crippen LogP contribution in [0.25, 0.3) is 0 Å². The zero-order valence-corrected chi connectivity index (χ0v) is 12.5. The molecular formula is C16H12Cl2N2O. The van der Waals surface area contributed by atoms with Crippen molar-refractivity contribution in [3.05, 3.63) is 69.7 Å². The van der Waals surface area contributed by atoms with E-state index in [2.05, 4.69) is 10.5 Å². The molecule has 0 saturated heterocycles. The van der Waals surface area contributed by atoms with Gasteiger partial charge in [0, 0.05) is 16.5 Å². The first-order valence-corrected chi connectivity index (χ1v) is 7.27. The Balaban J connectivity index is 1.94. The molecule has 0 saturated carbocycles. The van der Waals surface area contributed by atoms with Crippen molar-refractivity contribution in [1.82, 2.24) is 5.43 Å². The lowest BCUT2D eigenvalue weighted by molar-refractivity contribution is -0.122. The molecule has 0 fully saturated rings. The summed E-state index contributed by atoms with van der Waals surface area (Å²) in [6.45, 7) is 0. The van der Waals surface area contributed by atoms with Gasteiger partial charge in [-0.25, -0.2) is 5.43 Å². The molecule has 0 radical (unpaired) electrons. The van der Waals surface area contributed by atoms with Crippen LogP contribution < -0.4 is 5.43 Å². The van der Waals surface area contributed by atoms with E-state index in [4.69, 9.17) is 23.2 Å². The van der Waals surface area contributed by atoms with Gasteiger partial charge in [-0.05, 0) is 23.3 Å². The largest absolute Gasteiger partial charge is 0.272 e. The Morgan fingerprint density at radius 1 is 1.10 bits per heavy atom. The van der Waals surface area contributed by atoms with Crippen molar-refractivity contribution in [1.29, 1.82) is 0 Å². The molecule has 3 nitrogen and oxygen atoms in total. The van der Waals surface area contributed by atoms with Crippen LogP contribution in [0, 0.1) is 0 Å². The van der Waals surface area contributed by atoms with Gasteiger partial charge in [0.15, 0.2) is 0 Å². The molecule has 5 heteroatoms. The molecule has 3 rings (SSSR count). The summed E-state index contributed by atoms with van der Waals surface area (Å²) in [7, 11) is 0. The van der Waals surface area contributed by atoms with Gasteiger partial charge in [-0.1, -0.05) is 59.6 Å². The highest BCUT2D eigenvalue weighted by atomic mass is 35.5. The Hall–Kier alpha value is -1.84. The van der Waals surface area contributed by atoms with Crippen LogP contribution in [-0.4, -0.2) is 11.6 Å². The van der Waals surface area contributed by atoms with Crippen LogP contribution in [0.3, 0.4) is 0 Å². The van der Waals surface area contributed by atoms with Gasteiger partial charge >= 0.3 is 0 Å². The van der Waals surface area contributed by atoms with Gasteiger partial charge in [0.05, 0.1) is 11.6 Å². The fourth-order valence-electron chi connectivity index (χ4n) is 2.38. The van der Waals surface area contributed by atoms with Crippen molar-refractivity contribution >= 4 is 34.8 Å². The first-order chi connectivity index (χ1) is 10.1. The number of benzene rings is 2. The predicted molar refractivity (Wildman–Crippen MR) is 84.9 cm³/mol. The molecule has 106 valence electrons. The van der Waals surface area contributed by atoms with E-state index < -0.39 is 0 Å². The van der Waals surface area contributed by atoms with Crippen molar-refractivity contribution in [3.8, 4) is 0 Å². The van der Waals surface area contributed by atoms with Crippen molar-refractivity contribution in [3.63, 3.8) is 0 Å². The van der Waals surface area contributed by atoms with Gasteiger partial charge in [0.25, 0.3) is 0 Å². The topological polar surface area (TPSA) is 41.5 Å². The average Bonchev–Trinajstić information content (AvgIpc) is 2.49. The SMILES string of the molecule is O=C1NN=C(c2ccccc2)C[C@H]1c1ccc(Cl)cc1Cl. The van der Waals surface area contributed by atoms with E-state index in [9.17, 15) is 4.79 Å². The van der Waals surface area contributed by atoms with Crippen LogP contribution in [0.1, 0.15) is 23.5 Å². The molecule has 1 aliphatic heterocycles. The minimum absolute atomic E-state index is 0.154. The van der Waals surface area contributed by atoms with Crippen LogP contribution in [-0.2, 0) is 4.79 Å². The molecule has 21 heavy (non-hydrogen) atoms. The van der Waals surface area contributed by atoms with Gasteiger partial charge < -0.3 is 0 Å². The normalized spacial score (nSPS) is 18.1. The number of hydrogen-bond acceptors (Lipinski definition) is 2. The van der Waals surface area contributed by atoms with Crippen LogP contribution in [0.4, 0.5) is 0 Å². The monoisotopic (exact) mass is 318 g/mol. The maximum absolute atomic E-state index is 12.1. The number of nitrogens with zero attached hydrogens (tertiary/aromatic N) is 1. The molecule has 1 amide bonds. The summed E-state index contributed by atoms with van der Waals surface area (Å²) in [6.07, 6.45) is 0.511. The van der Waals surface area contributed by atoms with Crippen molar-refractivity contribution in [2.24, 2.45) is 5.10 Å². The molecule has 0 bridgehead atoms. The molecule has 1 heterocycles. The highest BCUT2D eigenvalue weighted by Crippen LogP contribution is 2.32. The van der Waals surface area contributed by atoms with E-state index in [1.165, 1.54) is 0 Å². The molecule has 0 unspecified atom stereocenters. The molecule has 2 aromatic rings. The molecule has 0 aromatic heterocycles. The second-order valence-electron chi connectivity index (χ2n) is 4.82. The number of amides is 1. The first kappa shape index (κ1) is 14.1. The number of nitrogens with one attached hydrogen (secondary N) is 1. The summed E-state index contributed by atoms with van der Waals surface area (Å²) in [5, 5.41) is 5.20. The molecule has 1 N–H and O–H groups in total. The molecule has 1 atom stereocenters. The second-order valence-corrected chi connectivity index (χ2v) is 5.67. The maximum Gasteiger partial charge on any atom is 0.248 e. The van der Waals surface area contributed by atoms with Crippen molar-refractivity contribution < 1.29 is 4.79 Å². The van der Waals surface area contributed by atoms with Crippen LogP contribution in [0.2, 0.25) is 10.0 Å². The lowest BCUT2D eigenvalue weighted by Crippen LogP contribution is -2.33. The Bertz CT molecular complexity index is 713. The van der Waals surface area contributed by atoms with Gasteiger partial charge in [-0.2, -0.15) is 5.10 Å². The lowest BCUT2D eigenvalue weighted by Gasteiger charge is -2.22. The Morgan fingerprint density at radius 2 is 1.86 bits per heavy atom. The van der Waals surface area contributed by atoms with Crippen molar-refractivity contribution in [2.75, 3.05) is 0 Å². The van der Waals surface area contributed by atoms with Crippen LogP contribution in [0.15, 0.2) is 53.6 Å². The van der Waals surface area contributed by atoms with E-state index in [0.29, 0.717) is 16.5 Å². The molecule has 2 aromatic carbocycles. The quantitative estimate of drug-likeness (QED) is 0.893. The third kappa shape index (κ3) is 2.94. The van der Waals surface area contributed by atoms with E-state index in [1.54, 1.807) is 18.2 Å². The number of carbonyl (C=O) groups is 1. The van der Waals surface area contributed by atoms with Crippen LogP contribution >= 0.6 is 23.2 Å². The zero-order valence-electron chi connectivity index (χ0n) is 11.0. The second kappa shape index (κ2) is 5.88. The molecule has 1 aliphatic rings. The molecular weight excluding hydrogens is 307 g/mol. The number of hydrogen-bond donors (Lipinski definition) is 1. The number of halogens is 2. The average molecular weight is 319 g/mol. The summed E-state index contributed by atoms with van der Waals surface area (Å²) in [5.74, 6) is -0.513. The fourth-order valence-corrected chi connectivity index (χ4v) is 2.92. The van der Waals surface area contributed by atoms with E-state index in [-0.39, 0.29) is 11.8 Å². The molecule has 0 aliphatic carbocycles. The number of carbonyl (C=O) groups excluding carboxylic acids is 1. The van der Waals surface area contributed by atoms with Gasteiger partial charge in [-0.15, -0.1) is 0 Å². The van der Waals surface area contributed by atoms with Gasteiger partial charge in [0.1, 0.15) is 0 Å². The minimum Gasteiger partial charge on any atom is -0.272 e. The Labute approximate surface area is 132 Å². The third-order valence-electron chi connectivity index (χ3n) is 3.46. The third-order valence-corrected chi connectivity index (χ3v) is 4.02. The lowest BCUT2D eigenvalue weighted by atomic mass is 9.89. The van der Waals surface area contributed by atoms with E-state index in [1.807, 2.05) is 30.3 Å². The van der Waals surface area contributed by atoms with Crippen LogP contribution in [0.5, 0.6) is 0 Å². The predicted octanol–water partition coefficient (Wildman–Crippen LogP) is 4.00. The standard InChI is InChI=1S/C16H12Cl2N2O/c17-11-6-7-12(14(18)8-11)13-9-15(19-20-16(13)21)10-4-2-1-3-5-10/h1-8,13H,9H2,(H,20,21)/t13-/m0/s1. The summed E-state index contributed by atoms with van der Waals surface area (Å²) >= 11 is 12.1. The Kier molecular flexibility index (Phi) is 3.95. The van der Waals surface area contributed by atoms with Gasteiger partial charge in [0.2, 0.25) is 5.91 Å². The van der Waals surface area contributed by atoms with E-state index >= 15 is 0 Å². The van der Waals surface area contributed by atoms with Gasteiger partial charge in [-0.3, -0.25) is 4.79 Å². The number of rotatable bonds is 2. The van der Waals surface area contributed by atoms with Crippen molar-refractivity contribution in [2.45, 2.75) is 12.3 Å². The minimum atomic E-state index is -0.359. The first-order valence-electron chi connectivity index (χ1n) is 6.52. The molecule has 0 spiro atoms.